The molecule has 0 bridgehead atoms. The van der Waals surface area contributed by atoms with Gasteiger partial charge in [0.25, 0.3) is 0 Å². The first kappa shape index (κ1) is 75.9. The molecule has 1 aliphatic carbocycles. The summed E-state index contributed by atoms with van der Waals surface area (Å²) >= 11 is 17.6. The van der Waals surface area contributed by atoms with Crippen LogP contribution in [-0.4, -0.2) is 30.9 Å². The van der Waals surface area contributed by atoms with Gasteiger partial charge >= 0.3 is 0 Å². The Morgan fingerprint density at radius 2 is 0.455 bits per heavy atom. The van der Waals surface area contributed by atoms with Crippen molar-refractivity contribution in [2.75, 3.05) is 0 Å². The standard InChI is InChI=1S/C48H33BrN2Si.C30H18Br2N2.C25H17N.C6H3Br2F/c49-34-30-36(32-40(31-34)52(37-16-4-1-5-17-37,38-18-6-2-7-19-38)39-20-8-3-9-21-39)51-47-27-15-12-24-43(47)44-33-35(28-29-48(44)51)50-45-25-13-10-22-41(45)42-23-11-14-26-46(42)50;31-19-15-20(32)17-22(16-19)34-29-12-6-3-9-25(29)26-18-21(13-14-30(26)34)33-27-10-4-1-7-23(27)24-8-2-5-11-28(24)33;1-2-8-20-17(7-1)15-18-13-14-19(16-23(18)20)26-24-11-5-3-9-21(24)22-10-4-6-12-25(22)26;7-4-1-5(8)3-6(9)2-4/h1-33H;1-18H;1-14,16H,15H2;1-3H. The minimum absolute atomic E-state index is 0.240. The maximum absolute atomic E-state index is 12.4. The molecule has 0 amide bonds. The molecule has 23 aromatic rings. The molecule has 121 heavy (non-hydrogen) atoms. The highest BCUT2D eigenvalue weighted by molar-refractivity contribution is 9.11. The lowest BCUT2D eigenvalue weighted by molar-refractivity contribution is 0.626. The van der Waals surface area contributed by atoms with Crippen molar-refractivity contribution < 1.29 is 4.39 Å². The van der Waals surface area contributed by atoms with Crippen molar-refractivity contribution in [2.24, 2.45) is 0 Å². The summed E-state index contributed by atoms with van der Waals surface area (Å²) in [5.74, 6) is -0.240. The van der Waals surface area contributed by atoms with E-state index in [1.165, 1.54) is 176 Å². The molecule has 0 spiro atoms. The van der Waals surface area contributed by atoms with E-state index >= 15 is 0 Å². The molecule has 0 radical (unpaired) electrons. The van der Waals surface area contributed by atoms with Crippen molar-refractivity contribution in [3.63, 3.8) is 0 Å². The summed E-state index contributed by atoms with van der Waals surface area (Å²) in [5, 5.41) is 18.1. The molecule has 0 fully saturated rings. The first-order valence-electron chi connectivity index (χ1n) is 40.3. The van der Waals surface area contributed by atoms with Crippen LogP contribution in [0.15, 0.2) is 441 Å². The van der Waals surface area contributed by atoms with E-state index in [4.69, 9.17) is 0 Å². The molecular formula is C109H71Br5FN5Si. The van der Waals surface area contributed by atoms with Gasteiger partial charge < -0.3 is 22.8 Å². The van der Waals surface area contributed by atoms with Crippen molar-refractivity contribution in [1.82, 2.24) is 22.8 Å². The maximum atomic E-state index is 12.4. The SMILES string of the molecule is Brc1cc(-n2c3ccccc3c3cc(-n4c5ccccc5c5ccccc54)ccc32)cc([Si](c2ccccc2)(c2ccccc2)c2ccccc2)c1.Brc1cc(Br)cc(-n2c3ccccc3c3cc(-n4c5ccccc5c5ccccc54)ccc32)c1.Fc1cc(Br)cc(Br)c1.c1ccc2c(c1)Cc1ccc(-n3c4ccccc4c4ccccc43)cc1-2. The predicted molar refractivity (Wildman–Crippen MR) is 528 cm³/mol. The summed E-state index contributed by atoms with van der Waals surface area (Å²) in [4.78, 5) is 0. The summed E-state index contributed by atoms with van der Waals surface area (Å²) < 4.78 is 29.0. The third-order valence-electron chi connectivity index (χ3n) is 23.7. The first-order valence-corrected chi connectivity index (χ1v) is 46.2. The van der Waals surface area contributed by atoms with Crippen LogP contribution in [-0.2, 0) is 6.42 Å². The molecule has 24 rings (SSSR count). The van der Waals surface area contributed by atoms with Crippen molar-refractivity contribution >= 4 is 217 Å². The number of aromatic nitrogens is 5. The molecule has 5 aromatic heterocycles. The largest absolute Gasteiger partial charge is 0.309 e. The quantitative estimate of drug-likeness (QED) is 0.102. The molecule has 0 saturated carbocycles. The van der Waals surface area contributed by atoms with Crippen molar-refractivity contribution in [3.05, 3.63) is 458 Å². The second kappa shape index (κ2) is 31.9. The lowest BCUT2D eigenvalue weighted by Gasteiger charge is -2.35. The van der Waals surface area contributed by atoms with Gasteiger partial charge in [-0.2, -0.15) is 0 Å². The summed E-state index contributed by atoms with van der Waals surface area (Å²) in [5.41, 5.74) is 23.6. The van der Waals surface area contributed by atoms with Crippen molar-refractivity contribution in [3.8, 4) is 39.6 Å². The highest BCUT2D eigenvalue weighted by Gasteiger charge is 2.42. The molecule has 1 aliphatic rings. The van der Waals surface area contributed by atoms with Gasteiger partial charge in [-0.15, -0.1) is 0 Å². The Morgan fingerprint density at radius 1 is 0.190 bits per heavy atom. The average molecular weight is 1900 g/mol. The zero-order valence-electron chi connectivity index (χ0n) is 65.0. The minimum Gasteiger partial charge on any atom is -0.309 e. The van der Waals surface area contributed by atoms with Crippen LogP contribution in [0, 0.1) is 5.82 Å². The van der Waals surface area contributed by atoms with Crippen molar-refractivity contribution in [2.45, 2.75) is 6.42 Å². The fourth-order valence-electron chi connectivity index (χ4n) is 18.8. The van der Waals surface area contributed by atoms with Crippen LogP contribution in [0.5, 0.6) is 0 Å². The topological polar surface area (TPSA) is 24.6 Å². The highest BCUT2D eigenvalue weighted by atomic mass is 79.9. The number of nitrogens with zero attached hydrogens (tertiary/aromatic N) is 5. The van der Waals surface area contributed by atoms with Gasteiger partial charge in [0.15, 0.2) is 8.07 Å². The third-order valence-corrected chi connectivity index (χ3v) is 30.8. The van der Waals surface area contributed by atoms with Gasteiger partial charge in [-0.25, -0.2) is 4.39 Å². The number of halogens is 6. The second-order valence-corrected chi connectivity index (χ2v) is 39.0. The van der Waals surface area contributed by atoms with Crippen LogP contribution in [0.3, 0.4) is 0 Å². The molecule has 18 aromatic carbocycles. The summed E-state index contributed by atoms with van der Waals surface area (Å²) in [7, 11) is -2.75. The van der Waals surface area contributed by atoms with Crippen LogP contribution in [0.25, 0.3) is 149 Å². The Hall–Kier alpha value is -12.5. The van der Waals surface area contributed by atoms with E-state index in [-0.39, 0.29) is 5.82 Å². The number of benzene rings is 18. The fourth-order valence-corrected chi connectivity index (χ4v) is 26.8. The Morgan fingerprint density at radius 3 is 0.818 bits per heavy atom. The zero-order chi connectivity index (χ0) is 81.4. The van der Waals surface area contributed by atoms with Gasteiger partial charge in [0, 0.05) is 105 Å². The molecule has 578 valence electrons. The third kappa shape index (κ3) is 13.5. The minimum atomic E-state index is -2.75. The monoisotopic (exact) mass is 1890 g/mol. The summed E-state index contributed by atoms with van der Waals surface area (Å²) in [6.07, 6.45) is 1.04. The molecule has 12 heteroatoms. The normalized spacial score (nSPS) is 11.9. The van der Waals surface area contributed by atoms with E-state index in [1.54, 1.807) is 6.07 Å². The van der Waals surface area contributed by atoms with Crippen molar-refractivity contribution in [1.29, 1.82) is 0 Å². The van der Waals surface area contributed by atoms with Gasteiger partial charge in [-0.1, -0.05) is 347 Å². The van der Waals surface area contributed by atoms with Crippen LogP contribution in [0.2, 0.25) is 0 Å². The predicted octanol–water partition coefficient (Wildman–Crippen LogP) is 29.1. The smallest absolute Gasteiger partial charge is 0.179 e. The zero-order valence-corrected chi connectivity index (χ0v) is 74.0. The first-order chi connectivity index (χ1) is 59.5. The number of hydrogen-bond donors (Lipinski definition) is 0. The molecule has 0 saturated heterocycles. The van der Waals surface area contributed by atoms with Crippen LogP contribution in [0.1, 0.15) is 11.1 Å². The van der Waals surface area contributed by atoms with Gasteiger partial charge in [0.2, 0.25) is 0 Å². The van der Waals surface area contributed by atoms with Gasteiger partial charge in [0.1, 0.15) is 5.82 Å². The number of fused-ring (bicyclic) bond motifs is 18. The molecule has 0 aliphatic heterocycles. The van der Waals surface area contributed by atoms with E-state index in [1.807, 2.05) is 0 Å². The lowest BCUT2D eigenvalue weighted by atomic mass is 10.1. The molecule has 0 atom stereocenters. The number of hydrogen-bond acceptors (Lipinski definition) is 0. The Labute approximate surface area is 741 Å². The summed E-state index contributed by atoms with van der Waals surface area (Å²) in [6.45, 7) is 0. The van der Waals surface area contributed by atoms with Gasteiger partial charge in [0.05, 0.1) is 55.2 Å². The molecule has 5 heterocycles. The lowest BCUT2D eigenvalue weighted by Crippen LogP contribution is -2.74. The average Bonchev–Trinajstić information content (AvgIpc) is 1.71. The number of rotatable bonds is 9. The Balaban J connectivity index is 0.000000112. The van der Waals surface area contributed by atoms with E-state index < -0.39 is 8.07 Å². The highest BCUT2D eigenvalue weighted by Crippen LogP contribution is 2.43. The number of para-hydroxylation sites is 8. The molecule has 0 unspecified atom stereocenters. The van der Waals surface area contributed by atoms with E-state index in [9.17, 15) is 4.39 Å². The Bertz CT molecular complexity index is 7660. The van der Waals surface area contributed by atoms with E-state index in [0.29, 0.717) is 0 Å². The van der Waals surface area contributed by atoms with Crippen LogP contribution in [0.4, 0.5) is 4.39 Å². The molecule has 0 N–H and O–H groups in total. The van der Waals surface area contributed by atoms with Crippen LogP contribution >= 0.6 is 79.6 Å². The van der Waals surface area contributed by atoms with Gasteiger partial charge in [-0.05, 0) is 201 Å². The maximum Gasteiger partial charge on any atom is 0.179 e. The van der Waals surface area contributed by atoms with E-state index in [0.717, 1.165) is 45.8 Å². The molecular weight excluding hydrogens is 1830 g/mol. The second-order valence-electron chi connectivity index (χ2n) is 30.7. The van der Waals surface area contributed by atoms with E-state index in [2.05, 4.69) is 503 Å². The van der Waals surface area contributed by atoms with Gasteiger partial charge in [-0.3, -0.25) is 0 Å². The Kier molecular flexibility index (Phi) is 20.0. The van der Waals surface area contributed by atoms with Crippen LogP contribution < -0.4 is 20.7 Å². The fraction of sp³-hybridized carbons (Fsp3) is 0.00917. The molecule has 5 nitrogen and oxygen atoms in total. The summed E-state index contributed by atoms with van der Waals surface area (Å²) in [6, 6.07) is 151.